The van der Waals surface area contributed by atoms with Crippen LogP contribution in [0, 0.1) is 0 Å². The third kappa shape index (κ3) is 8.70. The molecule has 0 saturated heterocycles. The number of methoxy groups -OCH3 is 2. The molecule has 0 saturated carbocycles. The van der Waals surface area contributed by atoms with Crippen molar-refractivity contribution in [1.82, 2.24) is 4.98 Å². The molecular formula is C28H31Cl2FN2O3. The maximum absolute atomic E-state index is 15.1. The number of nitrogens with one attached hydrogen (secondary N) is 1. The predicted octanol–water partition coefficient (Wildman–Crippen LogP) is 8.17. The molecular weight excluding hydrogens is 502 g/mol. The van der Waals surface area contributed by atoms with Crippen molar-refractivity contribution in [2.75, 3.05) is 19.5 Å². The lowest BCUT2D eigenvalue weighted by molar-refractivity contribution is -0.107. The predicted molar refractivity (Wildman–Crippen MR) is 150 cm³/mol. The molecule has 0 aliphatic carbocycles. The number of ether oxygens (including phenoxy) is 2. The summed E-state index contributed by atoms with van der Waals surface area (Å²) in [5.74, 6) is 1.16. The molecule has 0 radical (unpaired) electrons. The summed E-state index contributed by atoms with van der Waals surface area (Å²) in [6, 6.07) is 5.09. The first-order valence-corrected chi connectivity index (χ1v) is 11.7. The number of carbonyl (C=O) groups is 1. The van der Waals surface area contributed by atoms with Crippen molar-refractivity contribution >= 4 is 46.2 Å². The molecule has 0 atom stereocenters. The second-order valence-electron chi connectivity index (χ2n) is 7.19. The van der Waals surface area contributed by atoms with Crippen molar-refractivity contribution < 1.29 is 18.7 Å². The molecule has 0 fully saturated rings. The van der Waals surface area contributed by atoms with E-state index in [1.807, 2.05) is 32.9 Å². The van der Waals surface area contributed by atoms with Gasteiger partial charge in [0, 0.05) is 34.7 Å². The Morgan fingerprint density at radius 3 is 2.31 bits per heavy atom. The van der Waals surface area contributed by atoms with Crippen molar-refractivity contribution in [2.24, 2.45) is 0 Å². The molecule has 2 rings (SSSR count). The van der Waals surface area contributed by atoms with E-state index >= 15 is 4.39 Å². The summed E-state index contributed by atoms with van der Waals surface area (Å²) >= 11 is 11.2. The number of benzene rings is 1. The van der Waals surface area contributed by atoms with Crippen LogP contribution in [0.4, 0.5) is 10.2 Å². The summed E-state index contributed by atoms with van der Waals surface area (Å²) in [5.41, 5.74) is 3.58. The molecule has 1 aromatic carbocycles. The highest BCUT2D eigenvalue weighted by atomic mass is 35.5. The van der Waals surface area contributed by atoms with Gasteiger partial charge in [-0.2, -0.15) is 0 Å². The zero-order chi connectivity index (χ0) is 27.3. The Bertz CT molecular complexity index is 1170. The number of nitrogens with zero attached hydrogens (tertiary/aromatic N) is 1. The summed E-state index contributed by atoms with van der Waals surface area (Å²) in [7, 11) is 3.07. The van der Waals surface area contributed by atoms with Gasteiger partial charge in [-0.1, -0.05) is 43.8 Å². The van der Waals surface area contributed by atoms with Crippen molar-refractivity contribution in [2.45, 2.75) is 27.2 Å². The standard InChI is InChI=1S/C25H28ClFN2O2.C3H3ClO/c1-7-10-21(16(4)8-2)29-24-12-11-17(15-28-24)20(27)13-19-18(9-3)22(30-5)14-23(31-6)25(19)26;1-2-3(4)5/h7-8,10-15H,1,9H2,2-6H3,(H,28,29);2H,1H2/b16-8-,20-13-,21-10+;. The lowest BCUT2D eigenvalue weighted by Gasteiger charge is -2.15. The molecule has 8 heteroatoms. The number of hydrogen-bond donors (Lipinski definition) is 1. The highest BCUT2D eigenvalue weighted by Crippen LogP contribution is 2.39. The molecule has 1 aromatic heterocycles. The van der Waals surface area contributed by atoms with Crippen molar-refractivity contribution in [3.05, 3.63) is 94.8 Å². The summed E-state index contributed by atoms with van der Waals surface area (Å²) in [6.07, 6.45) is 10.1. The van der Waals surface area contributed by atoms with E-state index in [0.717, 1.165) is 22.9 Å². The average molecular weight is 533 g/mol. The molecule has 1 N–H and O–H groups in total. The normalized spacial score (nSPS) is 11.7. The molecule has 2 aromatic rings. The van der Waals surface area contributed by atoms with Crippen LogP contribution < -0.4 is 14.8 Å². The summed E-state index contributed by atoms with van der Waals surface area (Å²) in [4.78, 5) is 13.8. The van der Waals surface area contributed by atoms with Gasteiger partial charge in [0.25, 0.3) is 0 Å². The van der Waals surface area contributed by atoms with Crippen LogP contribution >= 0.6 is 23.2 Å². The maximum Gasteiger partial charge on any atom is 0.244 e. The van der Waals surface area contributed by atoms with Crippen LogP contribution in [-0.4, -0.2) is 24.4 Å². The molecule has 5 nitrogen and oxygen atoms in total. The molecule has 192 valence electrons. The smallest absolute Gasteiger partial charge is 0.244 e. The largest absolute Gasteiger partial charge is 0.496 e. The fourth-order valence-electron chi connectivity index (χ4n) is 3.02. The number of allylic oxidation sites excluding steroid dienone is 5. The average Bonchev–Trinajstić information content (AvgIpc) is 2.89. The fourth-order valence-corrected chi connectivity index (χ4v) is 3.32. The van der Waals surface area contributed by atoms with Gasteiger partial charge in [0.1, 0.15) is 23.1 Å². The quantitative estimate of drug-likeness (QED) is 0.190. The van der Waals surface area contributed by atoms with Crippen LogP contribution in [0.2, 0.25) is 5.02 Å². The van der Waals surface area contributed by atoms with Gasteiger partial charge in [-0.05, 0) is 67.8 Å². The number of aromatic nitrogens is 1. The van der Waals surface area contributed by atoms with E-state index in [4.69, 9.17) is 32.7 Å². The minimum atomic E-state index is -0.509. The van der Waals surface area contributed by atoms with Gasteiger partial charge in [-0.25, -0.2) is 9.37 Å². The summed E-state index contributed by atoms with van der Waals surface area (Å²) in [6.45, 7) is 12.7. The SMILES string of the molecule is C=C/C=C(Nc1ccc(/C(F)=C/c2c(Cl)c(OC)cc(OC)c2CC)cn1)\C(C)=C/C.C=CC(=O)Cl. The van der Waals surface area contributed by atoms with Crippen molar-refractivity contribution in [1.29, 1.82) is 0 Å². The minimum absolute atomic E-state index is 0.336. The van der Waals surface area contributed by atoms with E-state index < -0.39 is 11.1 Å². The Labute approximate surface area is 222 Å². The highest BCUT2D eigenvalue weighted by molar-refractivity contribution is 6.66. The first kappa shape index (κ1) is 30.7. The number of hydrogen-bond acceptors (Lipinski definition) is 5. The molecule has 36 heavy (non-hydrogen) atoms. The van der Waals surface area contributed by atoms with Crippen LogP contribution in [-0.2, 0) is 11.2 Å². The molecule has 0 spiro atoms. The Morgan fingerprint density at radius 2 is 1.86 bits per heavy atom. The second kappa shape index (κ2) is 15.6. The maximum atomic E-state index is 15.1. The van der Waals surface area contributed by atoms with Crippen molar-refractivity contribution in [3.8, 4) is 11.5 Å². The Hall–Kier alpha value is -3.35. The van der Waals surface area contributed by atoms with E-state index in [-0.39, 0.29) is 0 Å². The van der Waals surface area contributed by atoms with Crippen LogP contribution in [0.25, 0.3) is 11.9 Å². The van der Waals surface area contributed by atoms with E-state index in [0.29, 0.717) is 39.9 Å². The first-order valence-electron chi connectivity index (χ1n) is 11.0. The number of carbonyl (C=O) groups excluding carboxylic acids is 1. The van der Waals surface area contributed by atoms with Crippen LogP contribution in [0.15, 0.2) is 73.1 Å². The molecule has 0 bridgehead atoms. The van der Waals surface area contributed by atoms with Gasteiger partial charge >= 0.3 is 0 Å². The first-order chi connectivity index (χ1) is 17.2. The molecule has 0 aliphatic rings. The number of pyridine rings is 1. The van der Waals surface area contributed by atoms with Gasteiger partial charge in [0.2, 0.25) is 5.24 Å². The Kier molecular flexibility index (Phi) is 13.3. The topological polar surface area (TPSA) is 60.4 Å². The summed E-state index contributed by atoms with van der Waals surface area (Å²) < 4.78 is 25.9. The zero-order valence-corrected chi connectivity index (χ0v) is 22.6. The van der Waals surface area contributed by atoms with Gasteiger partial charge in [-0.15, -0.1) is 0 Å². The van der Waals surface area contributed by atoms with E-state index in [9.17, 15) is 4.79 Å². The Morgan fingerprint density at radius 1 is 1.22 bits per heavy atom. The highest BCUT2D eigenvalue weighted by Gasteiger charge is 2.17. The third-order valence-electron chi connectivity index (χ3n) is 5.01. The number of halogens is 3. The van der Waals surface area contributed by atoms with Crippen LogP contribution in [0.3, 0.4) is 0 Å². The number of rotatable bonds is 10. The molecule has 0 unspecified atom stereocenters. The summed E-state index contributed by atoms with van der Waals surface area (Å²) in [5, 5.41) is 3.04. The monoisotopic (exact) mass is 532 g/mol. The van der Waals surface area contributed by atoms with Gasteiger partial charge in [-0.3, -0.25) is 4.79 Å². The van der Waals surface area contributed by atoms with Gasteiger partial charge in [0.15, 0.2) is 0 Å². The fraction of sp³-hybridized carbons (Fsp3) is 0.214. The van der Waals surface area contributed by atoms with Gasteiger partial charge in [0.05, 0.1) is 19.2 Å². The van der Waals surface area contributed by atoms with Crippen LogP contribution in [0.1, 0.15) is 37.5 Å². The van der Waals surface area contributed by atoms with Crippen molar-refractivity contribution in [3.63, 3.8) is 0 Å². The molecule has 0 aliphatic heterocycles. The second-order valence-corrected chi connectivity index (χ2v) is 7.94. The van der Waals surface area contributed by atoms with Gasteiger partial charge < -0.3 is 14.8 Å². The van der Waals surface area contributed by atoms with E-state index in [2.05, 4.69) is 23.5 Å². The molecule has 0 amide bonds. The zero-order valence-electron chi connectivity index (χ0n) is 21.1. The van der Waals surface area contributed by atoms with E-state index in [1.54, 1.807) is 31.4 Å². The minimum Gasteiger partial charge on any atom is -0.496 e. The van der Waals surface area contributed by atoms with E-state index in [1.165, 1.54) is 19.4 Å². The lowest BCUT2D eigenvalue weighted by atomic mass is 10.0. The lowest BCUT2D eigenvalue weighted by Crippen LogP contribution is -2.02. The molecule has 1 heterocycles. The van der Waals surface area contributed by atoms with Crippen LogP contribution in [0.5, 0.6) is 11.5 Å². The Balaban J connectivity index is 0.00000118. The number of anilines is 1. The third-order valence-corrected chi connectivity index (χ3v) is 5.55.